The van der Waals surface area contributed by atoms with E-state index in [1.54, 1.807) is 0 Å². The average Bonchev–Trinajstić information content (AvgIpc) is 2.43. The summed E-state index contributed by atoms with van der Waals surface area (Å²) in [6, 6.07) is 18.3. The molecule has 3 aromatic rings. The second-order valence-corrected chi connectivity index (χ2v) is 4.67. The summed E-state index contributed by atoms with van der Waals surface area (Å²) in [6.07, 6.45) is 2.63. The minimum absolute atomic E-state index is 0.782. The zero-order valence-corrected chi connectivity index (χ0v) is 10.6. The molecule has 0 saturated heterocycles. The van der Waals surface area contributed by atoms with Crippen molar-refractivity contribution in [3.63, 3.8) is 0 Å². The largest absolute Gasteiger partial charge is 0.256 e. The molecule has 0 fully saturated rings. The number of hydrogen-bond acceptors (Lipinski definition) is 1. The molecule has 1 aromatic heterocycles. The first-order valence-electron chi connectivity index (χ1n) is 5.90. The Hall–Kier alpha value is -1.86. The van der Waals surface area contributed by atoms with Gasteiger partial charge < -0.3 is 0 Å². The predicted molar refractivity (Wildman–Crippen MR) is 76.0 cm³/mol. The molecule has 1 heterocycles. The summed E-state index contributed by atoms with van der Waals surface area (Å²) in [4.78, 5) is 4.45. The Kier molecular flexibility index (Phi) is 2.99. The van der Waals surface area contributed by atoms with Crippen LogP contribution in [0, 0.1) is 0 Å². The molecule has 18 heavy (non-hydrogen) atoms. The van der Waals surface area contributed by atoms with Crippen LogP contribution in [0.15, 0.2) is 60.8 Å². The Bertz CT molecular complexity index is 677. The molecule has 0 atom stereocenters. The molecule has 0 unspecified atom stereocenters. The Labute approximate surface area is 111 Å². The molecule has 1 nitrogen and oxygen atoms in total. The highest BCUT2D eigenvalue weighted by Crippen LogP contribution is 2.26. The molecule has 0 amide bonds. The fourth-order valence-corrected chi connectivity index (χ4v) is 2.37. The van der Waals surface area contributed by atoms with Gasteiger partial charge in [0, 0.05) is 28.6 Å². The minimum atomic E-state index is 0.782. The van der Waals surface area contributed by atoms with Crippen LogP contribution in [-0.2, 0) is 6.42 Å². The van der Waals surface area contributed by atoms with Crippen molar-refractivity contribution in [3.8, 4) is 0 Å². The summed E-state index contributed by atoms with van der Waals surface area (Å²) in [5.74, 6) is 0. The Morgan fingerprint density at radius 1 is 0.889 bits per heavy atom. The van der Waals surface area contributed by atoms with Crippen LogP contribution in [0.2, 0.25) is 5.02 Å². The lowest BCUT2D eigenvalue weighted by Crippen LogP contribution is -1.93. The molecule has 0 spiro atoms. The van der Waals surface area contributed by atoms with E-state index in [0.717, 1.165) is 27.9 Å². The highest BCUT2D eigenvalue weighted by molar-refractivity contribution is 6.32. The van der Waals surface area contributed by atoms with Gasteiger partial charge >= 0.3 is 0 Å². The van der Waals surface area contributed by atoms with Gasteiger partial charge in [-0.1, -0.05) is 54.1 Å². The molecular formula is C16H12ClN. The quantitative estimate of drug-likeness (QED) is 0.656. The van der Waals surface area contributed by atoms with E-state index in [0.29, 0.717) is 0 Å². The normalized spacial score (nSPS) is 10.7. The summed E-state index contributed by atoms with van der Waals surface area (Å²) < 4.78 is 0. The first kappa shape index (κ1) is 11.2. The lowest BCUT2D eigenvalue weighted by Gasteiger charge is -2.08. The third-order valence-electron chi connectivity index (χ3n) is 3.05. The Balaban J connectivity index is 2.13. The maximum atomic E-state index is 6.31. The lowest BCUT2D eigenvalue weighted by atomic mass is 10.0. The van der Waals surface area contributed by atoms with Crippen molar-refractivity contribution in [3.05, 3.63) is 76.9 Å². The number of rotatable bonds is 2. The van der Waals surface area contributed by atoms with E-state index in [1.165, 1.54) is 5.56 Å². The van der Waals surface area contributed by atoms with Crippen LogP contribution in [0.4, 0.5) is 0 Å². The topological polar surface area (TPSA) is 12.9 Å². The maximum absolute atomic E-state index is 6.31. The molecule has 0 N–H and O–H groups in total. The minimum Gasteiger partial charge on any atom is -0.256 e. The second-order valence-electron chi connectivity index (χ2n) is 4.26. The van der Waals surface area contributed by atoms with E-state index in [4.69, 9.17) is 11.6 Å². The van der Waals surface area contributed by atoms with E-state index < -0.39 is 0 Å². The maximum Gasteiger partial charge on any atom is 0.0752 e. The van der Waals surface area contributed by atoms with Crippen LogP contribution in [0.5, 0.6) is 0 Å². The van der Waals surface area contributed by atoms with E-state index in [9.17, 15) is 0 Å². The lowest BCUT2D eigenvalue weighted by molar-refractivity contribution is 1.19. The van der Waals surface area contributed by atoms with E-state index in [-0.39, 0.29) is 0 Å². The molecule has 0 bridgehead atoms. The molecule has 2 aromatic carbocycles. The van der Waals surface area contributed by atoms with Crippen LogP contribution >= 0.6 is 11.6 Å². The van der Waals surface area contributed by atoms with E-state index >= 15 is 0 Å². The van der Waals surface area contributed by atoms with Gasteiger partial charge in [0.05, 0.1) is 5.52 Å². The van der Waals surface area contributed by atoms with Crippen molar-refractivity contribution in [1.82, 2.24) is 4.98 Å². The molecular weight excluding hydrogens is 242 g/mol. The molecule has 0 radical (unpaired) electrons. The number of pyridine rings is 1. The summed E-state index contributed by atoms with van der Waals surface area (Å²) >= 11 is 6.31. The first-order chi connectivity index (χ1) is 8.84. The van der Waals surface area contributed by atoms with E-state index in [1.807, 2.05) is 42.6 Å². The molecule has 0 aliphatic carbocycles. The molecule has 0 aliphatic rings. The molecule has 2 heteroatoms. The first-order valence-corrected chi connectivity index (χ1v) is 6.28. The highest BCUT2D eigenvalue weighted by atomic mass is 35.5. The van der Waals surface area contributed by atoms with Gasteiger partial charge in [-0.15, -0.1) is 0 Å². The monoisotopic (exact) mass is 253 g/mol. The predicted octanol–water partition coefficient (Wildman–Crippen LogP) is 4.48. The van der Waals surface area contributed by atoms with Gasteiger partial charge in [0.15, 0.2) is 0 Å². The van der Waals surface area contributed by atoms with Gasteiger partial charge in [-0.2, -0.15) is 0 Å². The zero-order chi connectivity index (χ0) is 12.4. The molecule has 0 aliphatic heterocycles. The zero-order valence-electron chi connectivity index (χ0n) is 9.81. The average molecular weight is 254 g/mol. The standard InChI is InChI=1S/C16H12ClN/c17-15-9-8-13-7-4-10-18-16(13)14(15)11-12-5-2-1-3-6-12/h1-10H,11H2. The van der Waals surface area contributed by atoms with Gasteiger partial charge in [-0.05, 0) is 17.7 Å². The van der Waals surface area contributed by atoms with Crippen molar-refractivity contribution in [2.75, 3.05) is 0 Å². The fourth-order valence-electron chi connectivity index (χ4n) is 2.15. The van der Waals surface area contributed by atoms with Crippen LogP contribution < -0.4 is 0 Å². The van der Waals surface area contributed by atoms with Crippen molar-refractivity contribution >= 4 is 22.5 Å². The summed E-state index contributed by atoms with van der Waals surface area (Å²) in [7, 11) is 0. The van der Waals surface area contributed by atoms with Gasteiger partial charge in [-0.3, -0.25) is 4.98 Å². The van der Waals surface area contributed by atoms with Crippen LogP contribution in [0.3, 0.4) is 0 Å². The fraction of sp³-hybridized carbons (Fsp3) is 0.0625. The summed E-state index contributed by atoms with van der Waals surface area (Å²) in [5, 5.41) is 1.91. The van der Waals surface area contributed by atoms with Crippen molar-refractivity contribution < 1.29 is 0 Å². The van der Waals surface area contributed by atoms with Crippen molar-refractivity contribution in [2.24, 2.45) is 0 Å². The molecule has 88 valence electrons. The van der Waals surface area contributed by atoms with Crippen LogP contribution in [-0.4, -0.2) is 4.98 Å². The number of aromatic nitrogens is 1. The smallest absolute Gasteiger partial charge is 0.0752 e. The van der Waals surface area contributed by atoms with Crippen LogP contribution in [0.25, 0.3) is 10.9 Å². The molecule has 0 saturated carbocycles. The SMILES string of the molecule is Clc1ccc2cccnc2c1Cc1ccccc1. The number of benzene rings is 2. The molecule has 3 rings (SSSR count). The van der Waals surface area contributed by atoms with Gasteiger partial charge in [-0.25, -0.2) is 0 Å². The number of fused-ring (bicyclic) bond motifs is 1. The van der Waals surface area contributed by atoms with E-state index in [2.05, 4.69) is 23.2 Å². The van der Waals surface area contributed by atoms with Gasteiger partial charge in [0.1, 0.15) is 0 Å². The third kappa shape index (κ3) is 2.09. The summed E-state index contributed by atoms with van der Waals surface area (Å²) in [6.45, 7) is 0. The second kappa shape index (κ2) is 4.79. The van der Waals surface area contributed by atoms with Crippen molar-refractivity contribution in [1.29, 1.82) is 0 Å². The van der Waals surface area contributed by atoms with Crippen molar-refractivity contribution in [2.45, 2.75) is 6.42 Å². The van der Waals surface area contributed by atoms with Gasteiger partial charge in [0.2, 0.25) is 0 Å². The van der Waals surface area contributed by atoms with Gasteiger partial charge in [0.25, 0.3) is 0 Å². The highest BCUT2D eigenvalue weighted by Gasteiger charge is 2.07. The number of nitrogens with zero attached hydrogens (tertiary/aromatic N) is 1. The summed E-state index contributed by atoms with van der Waals surface area (Å²) in [5.41, 5.74) is 3.34. The third-order valence-corrected chi connectivity index (χ3v) is 3.40. The Morgan fingerprint density at radius 2 is 1.72 bits per heavy atom. The number of halogens is 1. The Morgan fingerprint density at radius 3 is 2.56 bits per heavy atom. The number of hydrogen-bond donors (Lipinski definition) is 0. The van der Waals surface area contributed by atoms with Crippen LogP contribution in [0.1, 0.15) is 11.1 Å².